The SMILES string of the molecule is CC(C)Oc1cccc(NCC(=O)NC(C)(C)C)c1N. The van der Waals surface area contributed by atoms with Gasteiger partial charge < -0.3 is 21.1 Å². The van der Waals surface area contributed by atoms with Crippen LogP contribution in [-0.4, -0.2) is 24.1 Å². The van der Waals surface area contributed by atoms with Gasteiger partial charge in [-0.05, 0) is 46.8 Å². The minimum Gasteiger partial charge on any atom is -0.489 e. The van der Waals surface area contributed by atoms with E-state index in [1.807, 2.05) is 52.8 Å². The molecule has 5 nitrogen and oxygen atoms in total. The minimum absolute atomic E-state index is 0.0525. The first-order valence-corrected chi connectivity index (χ1v) is 6.79. The number of benzene rings is 1. The van der Waals surface area contributed by atoms with E-state index in [1.165, 1.54) is 0 Å². The van der Waals surface area contributed by atoms with E-state index in [4.69, 9.17) is 10.5 Å². The van der Waals surface area contributed by atoms with E-state index in [1.54, 1.807) is 0 Å². The zero-order valence-corrected chi connectivity index (χ0v) is 12.9. The summed E-state index contributed by atoms with van der Waals surface area (Å²) in [7, 11) is 0. The first-order valence-electron chi connectivity index (χ1n) is 6.79. The van der Waals surface area contributed by atoms with E-state index in [0.29, 0.717) is 17.1 Å². The van der Waals surface area contributed by atoms with Gasteiger partial charge in [-0.1, -0.05) is 6.07 Å². The standard InChI is InChI=1S/C15H25N3O2/c1-10(2)20-12-8-6-7-11(14(12)16)17-9-13(19)18-15(3,4)5/h6-8,10,17H,9,16H2,1-5H3,(H,18,19). The van der Waals surface area contributed by atoms with Gasteiger partial charge in [0, 0.05) is 5.54 Å². The largest absolute Gasteiger partial charge is 0.489 e. The van der Waals surface area contributed by atoms with Crippen LogP contribution in [0.5, 0.6) is 5.75 Å². The summed E-state index contributed by atoms with van der Waals surface area (Å²) in [6.45, 7) is 9.88. The van der Waals surface area contributed by atoms with Crippen molar-refractivity contribution in [3.05, 3.63) is 18.2 Å². The van der Waals surface area contributed by atoms with Gasteiger partial charge in [0.25, 0.3) is 0 Å². The third-order valence-electron chi connectivity index (χ3n) is 2.38. The molecule has 0 radical (unpaired) electrons. The fourth-order valence-electron chi connectivity index (χ4n) is 1.69. The summed E-state index contributed by atoms with van der Waals surface area (Å²) in [5.74, 6) is 0.549. The number of carbonyl (C=O) groups is 1. The summed E-state index contributed by atoms with van der Waals surface area (Å²) < 4.78 is 5.61. The van der Waals surface area contributed by atoms with Crippen LogP contribution in [0, 0.1) is 0 Å². The number of carbonyl (C=O) groups excluding carboxylic acids is 1. The predicted octanol–water partition coefficient (Wildman–Crippen LogP) is 2.38. The highest BCUT2D eigenvalue weighted by atomic mass is 16.5. The summed E-state index contributed by atoms with van der Waals surface area (Å²) in [6.07, 6.45) is 0.0525. The smallest absolute Gasteiger partial charge is 0.239 e. The topological polar surface area (TPSA) is 76.4 Å². The first-order chi connectivity index (χ1) is 9.19. The third kappa shape index (κ3) is 5.38. The number of rotatable bonds is 5. The molecular weight excluding hydrogens is 254 g/mol. The summed E-state index contributed by atoms with van der Waals surface area (Å²) >= 11 is 0. The van der Waals surface area contributed by atoms with Gasteiger partial charge in [-0.25, -0.2) is 0 Å². The lowest BCUT2D eigenvalue weighted by Crippen LogP contribution is -2.43. The molecule has 1 rings (SSSR count). The molecule has 0 aliphatic heterocycles. The third-order valence-corrected chi connectivity index (χ3v) is 2.38. The van der Waals surface area contributed by atoms with Crippen LogP contribution in [-0.2, 0) is 4.79 Å². The Morgan fingerprint density at radius 1 is 1.35 bits per heavy atom. The molecule has 0 aliphatic carbocycles. The monoisotopic (exact) mass is 279 g/mol. The Bertz CT molecular complexity index is 465. The molecule has 0 saturated heterocycles. The van der Waals surface area contributed by atoms with Crippen molar-refractivity contribution in [3.8, 4) is 5.75 Å². The number of ether oxygens (including phenoxy) is 1. The molecule has 0 spiro atoms. The normalized spacial score (nSPS) is 11.3. The van der Waals surface area contributed by atoms with Crippen LogP contribution in [0.4, 0.5) is 11.4 Å². The summed E-state index contributed by atoms with van der Waals surface area (Å²) in [5, 5.41) is 5.91. The van der Waals surface area contributed by atoms with Gasteiger partial charge in [0.05, 0.1) is 24.0 Å². The number of anilines is 2. The zero-order valence-electron chi connectivity index (χ0n) is 12.9. The van der Waals surface area contributed by atoms with E-state index in [9.17, 15) is 4.79 Å². The quantitative estimate of drug-likeness (QED) is 0.723. The van der Waals surface area contributed by atoms with Crippen LogP contribution in [0.3, 0.4) is 0 Å². The maximum Gasteiger partial charge on any atom is 0.239 e. The van der Waals surface area contributed by atoms with E-state index >= 15 is 0 Å². The Balaban J connectivity index is 2.67. The number of nitrogens with one attached hydrogen (secondary N) is 2. The van der Waals surface area contributed by atoms with E-state index in [0.717, 1.165) is 0 Å². The Morgan fingerprint density at radius 2 is 2.00 bits per heavy atom. The highest BCUT2D eigenvalue weighted by Crippen LogP contribution is 2.29. The van der Waals surface area contributed by atoms with Crippen LogP contribution < -0.4 is 21.1 Å². The van der Waals surface area contributed by atoms with Crippen LogP contribution in [0.15, 0.2) is 18.2 Å². The Kier molecular flexibility index (Phi) is 5.25. The van der Waals surface area contributed by atoms with Crippen molar-refractivity contribution in [3.63, 3.8) is 0 Å². The molecule has 0 heterocycles. The van der Waals surface area contributed by atoms with Crippen LogP contribution in [0.2, 0.25) is 0 Å². The van der Waals surface area contributed by atoms with Crippen molar-refractivity contribution < 1.29 is 9.53 Å². The molecule has 112 valence electrons. The molecule has 0 saturated carbocycles. The zero-order chi connectivity index (χ0) is 15.3. The fourth-order valence-corrected chi connectivity index (χ4v) is 1.69. The average molecular weight is 279 g/mol. The van der Waals surface area contributed by atoms with Gasteiger partial charge in [-0.2, -0.15) is 0 Å². The molecule has 0 aromatic heterocycles. The van der Waals surface area contributed by atoms with E-state index < -0.39 is 0 Å². The van der Waals surface area contributed by atoms with Crippen molar-refractivity contribution in [1.82, 2.24) is 5.32 Å². The molecular formula is C15H25N3O2. The maximum absolute atomic E-state index is 11.8. The predicted molar refractivity (Wildman–Crippen MR) is 83.0 cm³/mol. The molecule has 4 N–H and O–H groups in total. The summed E-state index contributed by atoms with van der Waals surface area (Å²) in [6, 6.07) is 5.49. The van der Waals surface area contributed by atoms with E-state index in [-0.39, 0.29) is 24.1 Å². The molecule has 1 aromatic rings. The minimum atomic E-state index is -0.243. The highest BCUT2D eigenvalue weighted by molar-refractivity contribution is 5.83. The number of nitrogen functional groups attached to an aromatic ring is 1. The first kappa shape index (κ1) is 16.1. The molecule has 20 heavy (non-hydrogen) atoms. The number of hydrogen-bond acceptors (Lipinski definition) is 4. The lowest BCUT2D eigenvalue weighted by atomic mass is 10.1. The van der Waals surface area contributed by atoms with Crippen molar-refractivity contribution in [2.24, 2.45) is 0 Å². The molecule has 0 fully saturated rings. The lowest BCUT2D eigenvalue weighted by molar-refractivity contribution is -0.120. The molecule has 0 aliphatic rings. The van der Waals surface area contributed by atoms with Crippen molar-refractivity contribution >= 4 is 17.3 Å². The van der Waals surface area contributed by atoms with Crippen LogP contribution >= 0.6 is 0 Å². The summed E-state index contributed by atoms with van der Waals surface area (Å²) in [4.78, 5) is 11.8. The maximum atomic E-state index is 11.8. The number of hydrogen-bond donors (Lipinski definition) is 3. The Labute approximate surface area is 120 Å². The number of nitrogens with two attached hydrogens (primary N) is 1. The Hall–Kier alpha value is -1.91. The molecule has 0 atom stereocenters. The van der Waals surface area contributed by atoms with Crippen LogP contribution in [0.25, 0.3) is 0 Å². The van der Waals surface area contributed by atoms with Crippen molar-refractivity contribution in [1.29, 1.82) is 0 Å². The number of amides is 1. The van der Waals surface area contributed by atoms with Gasteiger partial charge in [-0.3, -0.25) is 4.79 Å². The second-order valence-corrected chi connectivity index (χ2v) is 6.04. The van der Waals surface area contributed by atoms with Gasteiger partial charge >= 0.3 is 0 Å². The lowest BCUT2D eigenvalue weighted by Gasteiger charge is -2.21. The van der Waals surface area contributed by atoms with E-state index in [2.05, 4.69) is 10.6 Å². The molecule has 1 aromatic carbocycles. The van der Waals surface area contributed by atoms with Crippen molar-refractivity contribution in [2.75, 3.05) is 17.6 Å². The molecule has 0 bridgehead atoms. The molecule has 0 unspecified atom stereocenters. The Morgan fingerprint density at radius 3 is 2.55 bits per heavy atom. The average Bonchev–Trinajstić information content (AvgIpc) is 2.27. The summed E-state index contributed by atoms with van der Waals surface area (Å²) in [5.41, 5.74) is 7.00. The van der Waals surface area contributed by atoms with Crippen molar-refractivity contribution in [2.45, 2.75) is 46.3 Å². The molecule has 1 amide bonds. The van der Waals surface area contributed by atoms with Gasteiger partial charge in [0.2, 0.25) is 5.91 Å². The number of para-hydroxylation sites is 1. The highest BCUT2D eigenvalue weighted by Gasteiger charge is 2.14. The second-order valence-electron chi connectivity index (χ2n) is 6.04. The van der Waals surface area contributed by atoms with Crippen LogP contribution in [0.1, 0.15) is 34.6 Å². The van der Waals surface area contributed by atoms with Gasteiger partial charge in [0.1, 0.15) is 5.75 Å². The van der Waals surface area contributed by atoms with Gasteiger partial charge in [0.15, 0.2) is 0 Å². The second kappa shape index (κ2) is 6.50. The molecule has 5 heteroatoms. The fraction of sp³-hybridized carbons (Fsp3) is 0.533. The van der Waals surface area contributed by atoms with Gasteiger partial charge in [-0.15, -0.1) is 0 Å².